The Morgan fingerprint density at radius 3 is 1.44 bits per heavy atom. The second-order valence-electron chi connectivity index (χ2n) is 12.7. The van der Waals surface area contributed by atoms with E-state index in [-0.39, 0.29) is 16.5 Å². The molecule has 0 radical (unpaired) electrons. The number of hydrogen-bond acceptors (Lipinski definition) is 2. The third kappa shape index (κ3) is 6.81. The summed E-state index contributed by atoms with van der Waals surface area (Å²) in [5, 5.41) is 0. The number of nitrogens with zero attached hydrogens (tertiary/aromatic N) is 4. The van der Waals surface area contributed by atoms with Gasteiger partial charge in [-0.05, 0) is 121 Å². The fraction of sp³-hybridized carbons (Fsp3) is 0.364. The number of benzene rings is 1. The number of halogens is 1. The molecule has 3 aromatic heterocycles. The van der Waals surface area contributed by atoms with Crippen molar-refractivity contribution in [2.24, 2.45) is 0 Å². The Hall–Kier alpha value is -3.40. The van der Waals surface area contributed by atoms with Crippen molar-refractivity contribution in [1.29, 1.82) is 0 Å². The van der Waals surface area contributed by atoms with Gasteiger partial charge in [-0.1, -0.05) is 108 Å². The summed E-state index contributed by atoms with van der Waals surface area (Å²) in [4.78, 5) is 21.6. The van der Waals surface area contributed by atoms with Gasteiger partial charge in [-0.15, -0.1) is 22.1 Å². The van der Waals surface area contributed by atoms with Crippen molar-refractivity contribution < 1.29 is 16.5 Å². The van der Waals surface area contributed by atoms with Gasteiger partial charge in [-0.2, -0.15) is 0 Å². The van der Waals surface area contributed by atoms with E-state index in [4.69, 9.17) is 19.9 Å². The predicted octanol–water partition coefficient (Wildman–Crippen LogP) is 11.3. The minimum Gasteiger partial charge on any atom is -0.657 e. The number of aryl methyl sites for hydroxylation is 4. The minimum atomic E-state index is 0. The summed E-state index contributed by atoms with van der Waals surface area (Å²) >= 11 is 2.34. The molecule has 0 amide bonds. The number of fused-ring (bicyclic) bond motifs is 8. The van der Waals surface area contributed by atoms with Gasteiger partial charge in [0.1, 0.15) is 0 Å². The molecule has 0 unspecified atom stereocenters. The molecule has 1 aromatic carbocycles. The largest absolute Gasteiger partial charge is 2.00 e. The van der Waals surface area contributed by atoms with Crippen molar-refractivity contribution in [3.63, 3.8) is 0 Å². The number of hydrogen-bond donors (Lipinski definition) is 0. The molecular formula is C44H47IN4Ni. The summed E-state index contributed by atoms with van der Waals surface area (Å²) in [7, 11) is 0. The summed E-state index contributed by atoms with van der Waals surface area (Å²) in [6.07, 6.45) is 7.17. The number of allylic oxidation sites excluding steroid dienone is 4. The van der Waals surface area contributed by atoms with E-state index in [1.165, 1.54) is 48.1 Å². The zero-order valence-corrected chi connectivity index (χ0v) is 33.8. The molecule has 4 nitrogen and oxygen atoms in total. The van der Waals surface area contributed by atoms with Gasteiger partial charge in [0.05, 0.1) is 22.8 Å². The van der Waals surface area contributed by atoms with E-state index in [9.17, 15) is 0 Å². The van der Waals surface area contributed by atoms with Crippen LogP contribution in [0.1, 0.15) is 137 Å². The van der Waals surface area contributed by atoms with Crippen molar-refractivity contribution >= 4 is 67.0 Å². The Morgan fingerprint density at radius 2 is 0.960 bits per heavy atom. The minimum absolute atomic E-state index is 0. The van der Waals surface area contributed by atoms with Crippen molar-refractivity contribution in [2.75, 3.05) is 0 Å². The summed E-state index contributed by atoms with van der Waals surface area (Å²) in [6.45, 7) is 17.9. The van der Waals surface area contributed by atoms with Crippen LogP contribution < -0.4 is 9.97 Å². The van der Waals surface area contributed by atoms with Gasteiger partial charge in [-0.25, -0.2) is 9.97 Å². The maximum Gasteiger partial charge on any atom is 2.00 e. The SMILES string of the molecule is CCC1=C(CC)c2cc3[n-]c(c(C#Cc4ccc(I)cc4)c4nc(cc5[n-]c(cc1n2)c(CC)c5CC)C(CC)=C4CC)c(CC)c3CC.[Ni+2]. The normalized spacial score (nSPS) is 12.7. The number of rotatable bonds is 8. The standard InChI is InChI=1S/C44H47IN4.Ni/c1-9-28-30(11-3)39-24-41-32(13-5)34(15-7)43(48-41)36(22-19-26-17-20-27(45)21-18-26)44-35(16-8)33(14-6)42(49-44)25-40-31(12-4)29(10-2)38(47-40)23-37(28)46-39;/h17-18,20-21,23-25H,9-16H2,1-8H3;/q-2;+2. The van der Waals surface area contributed by atoms with Crippen LogP contribution in [0, 0.1) is 15.4 Å². The number of aromatic nitrogens is 4. The maximum atomic E-state index is 5.48. The van der Waals surface area contributed by atoms with Crippen molar-refractivity contribution in [2.45, 2.75) is 107 Å². The Kier molecular flexibility index (Phi) is 12.3. The second kappa shape index (κ2) is 16.3. The van der Waals surface area contributed by atoms with Crippen LogP contribution >= 0.6 is 22.6 Å². The molecule has 0 aliphatic carbocycles. The monoisotopic (exact) mass is 816 g/mol. The van der Waals surface area contributed by atoms with Crippen LogP contribution in [-0.4, -0.2) is 9.97 Å². The van der Waals surface area contributed by atoms with Gasteiger partial charge in [0, 0.05) is 14.7 Å². The average Bonchev–Trinajstić information content (AvgIpc) is 3.84. The van der Waals surface area contributed by atoms with Crippen molar-refractivity contribution in [3.05, 3.63) is 102 Å². The Balaban J connectivity index is 0.00000486. The van der Waals surface area contributed by atoms with Gasteiger partial charge < -0.3 is 9.97 Å². The smallest absolute Gasteiger partial charge is 0.657 e. The predicted molar refractivity (Wildman–Crippen MR) is 216 cm³/mol. The molecule has 0 fully saturated rings. The molecule has 8 bridgehead atoms. The molecule has 6 rings (SSSR count). The van der Waals surface area contributed by atoms with Crippen LogP contribution in [0.5, 0.6) is 0 Å². The fourth-order valence-corrected chi connectivity index (χ4v) is 8.16. The molecular weight excluding hydrogens is 770 g/mol. The van der Waals surface area contributed by atoms with E-state index in [1.54, 1.807) is 0 Å². The summed E-state index contributed by atoms with van der Waals surface area (Å²) in [5.74, 6) is 7.18. The second-order valence-corrected chi connectivity index (χ2v) is 13.9. The van der Waals surface area contributed by atoms with E-state index in [2.05, 4.69) is 132 Å². The zero-order chi connectivity index (χ0) is 34.8. The van der Waals surface area contributed by atoms with E-state index in [1.807, 2.05) is 0 Å². The fourth-order valence-electron chi connectivity index (χ4n) is 7.80. The van der Waals surface area contributed by atoms with Crippen LogP contribution in [0.2, 0.25) is 0 Å². The van der Waals surface area contributed by atoms with Crippen LogP contribution in [0.25, 0.3) is 44.4 Å². The summed E-state index contributed by atoms with van der Waals surface area (Å²) < 4.78 is 1.19. The average molecular weight is 817 g/mol. The molecule has 2 aliphatic rings. The van der Waals surface area contributed by atoms with Crippen molar-refractivity contribution in [3.8, 4) is 11.8 Å². The first-order chi connectivity index (χ1) is 23.8. The molecule has 4 aromatic rings. The third-order valence-corrected chi connectivity index (χ3v) is 10.8. The van der Waals surface area contributed by atoms with Gasteiger partial charge in [0.2, 0.25) is 0 Å². The molecule has 0 N–H and O–H groups in total. The van der Waals surface area contributed by atoms with E-state index >= 15 is 0 Å². The molecule has 0 saturated heterocycles. The topological polar surface area (TPSA) is 54.0 Å². The molecule has 6 heteroatoms. The third-order valence-electron chi connectivity index (χ3n) is 10.1. The van der Waals surface area contributed by atoms with Crippen molar-refractivity contribution in [1.82, 2.24) is 19.9 Å². The maximum absolute atomic E-state index is 5.48. The quantitative estimate of drug-likeness (QED) is 0.101. The Bertz CT molecular complexity index is 2220. The van der Waals surface area contributed by atoms with Crippen LogP contribution in [0.4, 0.5) is 0 Å². The first-order valence-corrected chi connectivity index (χ1v) is 19.3. The molecule has 0 spiro atoms. The molecule has 5 heterocycles. The molecule has 260 valence electrons. The van der Waals surface area contributed by atoms with Crippen LogP contribution in [0.15, 0.2) is 42.5 Å². The van der Waals surface area contributed by atoms with E-state index in [0.29, 0.717) is 0 Å². The van der Waals surface area contributed by atoms with Gasteiger partial charge in [0.15, 0.2) is 0 Å². The Morgan fingerprint density at radius 1 is 0.520 bits per heavy atom. The van der Waals surface area contributed by atoms with E-state index in [0.717, 1.165) is 107 Å². The molecule has 2 aliphatic heterocycles. The van der Waals surface area contributed by atoms with Crippen LogP contribution in [-0.2, 0) is 42.2 Å². The first-order valence-electron chi connectivity index (χ1n) is 18.3. The molecule has 0 saturated carbocycles. The molecule has 0 atom stereocenters. The van der Waals surface area contributed by atoms with Gasteiger partial charge >= 0.3 is 16.5 Å². The summed E-state index contributed by atoms with van der Waals surface area (Å²) in [5.41, 5.74) is 20.2. The van der Waals surface area contributed by atoms with E-state index < -0.39 is 0 Å². The van der Waals surface area contributed by atoms with Gasteiger partial charge in [-0.3, -0.25) is 0 Å². The van der Waals surface area contributed by atoms with Crippen LogP contribution in [0.3, 0.4) is 0 Å². The molecule has 50 heavy (non-hydrogen) atoms. The van der Waals surface area contributed by atoms with Gasteiger partial charge in [0.25, 0.3) is 0 Å². The zero-order valence-electron chi connectivity index (χ0n) is 30.7. The summed E-state index contributed by atoms with van der Waals surface area (Å²) in [6, 6.07) is 15.1. The Labute approximate surface area is 322 Å². The first kappa shape index (κ1) is 37.8.